The molecule has 2 N–H and O–H groups in total. The quantitative estimate of drug-likeness (QED) is 0.208. The highest BCUT2D eigenvalue weighted by Crippen LogP contribution is 2.10. The summed E-state index contributed by atoms with van der Waals surface area (Å²) >= 11 is 0. The van der Waals surface area contributed by atoms with E-state index < -0.39 is 6.10 Å². The first kappa shape index (κ1) is 24.1. The van der Waals surface area contributed by atoms with E-state index in [0.29, 0.717) is 6.42 Å². The van der Waals surface area contributed by atoms with E-state index in [1.807, 2.05) is 0 Å². The highest BCUT2D eigenvalue weighted by Gasteiger charge is 2.07. The molecule has 0 aromatic carbocycles. The van der Waals surface area contributed by atoms with Crippen molar-refractivity contribution in [2.24, 2.45) is 0 Å². The lowest BCUT2D eigenvalue weighted by Crippen LogP contribution is -2.21. The molecule has 0 bridgehead atoms. The third-order valence-electron chi connectivity index (χ3n) is 4.29. The summed E-state index contributed by atoms with van der Waals surface area (Å²) < 4.78 is 4.85. The normalized spacial score (nSPS) is 12.6. The van der Waals surface area contributed by atoms with E-state index in [1.54, 1.807) is 0 Å². The summed E-state index contributed by atoms with van der Waals surface area (Å²) in [7, 11) is 0. The number of hydrogen-bond donors (Lipinski definition) is 2. The van der Waals surface area contributed by atoms with E-state index in [1.165, 1.54) is 57.8 Å². The van der Waals surface area contributed by atoms with Crippen LogP contribution >= 0.6 is 0 Å². The number of rotatable bonds is 18. The molecule has 0 saturated heterocycles. The molecule has 25 heavy (non-hydrogen) atoms. The van der Waals surface area contributed by atoms with Crippen molar-refractivity contribution in [2.75, 3.05) is 13.2 Å². The maximum absolute atomic E-state index is 11.4. The minimum absolute atomic E-state index is 0.112. The van der Waals surface area contributed by atoms with Crippen molar-refractivity contribution in [1.29, 1.82) is 0 Å². The molecule has 1 atom stereocenters. The lowest BCUT2D eigenvalue weighted by atomic mass is 10.1. The zero-order valence-electron chi connectivity index (χ0n) is 16.3. The van der Waals surface area contributed by atoms with E-state index in [9.17, 15) is 4.79 Å². The summed E-state index contributed by atoms with van der Waals surface area (Å²) in [5, 5.41) is 17.7. The van der Waals surface area contributed by atoms with Crippen molar-refractivity contribution in [3.8, 4) is 0 Å². The number of carbonyl (C=O) groups excluding carboxylic acids is 1. The Kier molecular flexibility index (Phi) is 18.8. The van der Waals surface area contributed by atoms with Gasteiger partial charge in [-0.25, -0.2) is 0 Å². The van der Waals surface area contributed by atoms with Crippen LogP contribution in [0.15, 0.2) is 12.2 Å². The average Bonchev–Trinajstić information content (AvgIpc) is 2.62. The Labute approximate surface area is 154 Å². The molecule has 0 saturated carbocycles. The number of hydrogen-bond acceptors (Lipinski definition) is 4. The van der Waals surface area contributed by atoms with Gasteiger partial charge in [0, 0.05) is 6.42 Å². The van der Waals surface area contributed by atoms with Crippen molar-refractivity contribution in [2.45, 2.75) is 103 Å². The number of aliphatic hydroxyl groups is 2. The Bertz CT molecular complexity index is 315. The highest BCUT2D eigenvalue weighted by atomic mass is 16.5. The predicted octanol–water partition coefficient (Wildman–Crippen LogP) is 4.92. The summed E-state index contributed by atoms with van der Waals surface area (Å²) in [6.07, 6.45) is 20.1. The molecule has 0 heterocycles. The minimum Gasteiger partial charge on any atom is -0.463 e. The van der Waals surface area contributed by atoms with Gasteiger partial charge in [0.1, 0.15) is 12.7 Å². The third-order valence-corrected chi connectivity index (χ3v) is 4.29. The van der Waals surface area contributed by atoms with E-state index in [-0.39, 0.29) is 19.2 Å². The van der Waals surface area contributed by atoms with Gasteiger partial charge >= 0.3 is 5.97 Å². The van der Waals surface area contributed by atoms with Crippen molar-refractivity contribution >= 4 is 5.97 Å². The fourth-order valence-corrected chi connectivity index (χ4v) is 2.65. The first-order valence-corrected chi connectivity index (χ1v) is 10.3. The summed E-state index contributed by atoms with van der Waals surface area (Å²) in [6.45, 7) is 1.77. The first-order valence-electron chi connectivity index (χ1n) is 10.3. The predicted molar refractivity (Wildman–Crippen MR) is 104 cm³/mol. The Hall–Kier alpha value is -0.870. The number of allylic oxidation sites excluding steroid dienone is 2. The molecule has 4 heteroatoms. The van der Waals surface area contributed by atoms with Gasteiger partial charge in [0.25, 0.3) is 0 Å². The maximum atomic E-state index is 11.4. The zero-order valence-corrected chi connectivity index (χ0v) is 16.3. The van der Waals surface area contributed by atoms with Gasteiger partial charge in [0.05, 0.1) is 6.61 Å². The second-order valence-corrected chi connectivity index (χ2v) is 6.85. The summed E-state index contributed by atoms with van der Waals surface area (Å²) in [4.78, 5) is 11.4. The second-order valence-electron chi connectivity index (χ2n) is 6.85. The van der Waals surface area contributed by atoms with Crippen LogP contribution in [0.4, 0.5) is 0 Å². The summed E-state index contributed by atoms with van der Waals surface area (Å²) in [5.74, 6) is -0.290. The van der Waals surface area contributed by atoms with Crippen LogP contribution < -0.4 is 0 Å². The lowest BCUT2D eigenvalue weighted by molar-refractivity contribution is -0.147. The van der Waals surface area contributed by atoms with Crippen LogP contribution in [0.2, 0.25) is 0 Å². The zero-order chi connectivity index (χ0) is 18.6. The smallest absolute Gasteiger partial charge is 0.305 e. The van der Waals surface area contributed by atoms with E-state index in [0.717, 1.165) is 25.7 Å². The van der Waals surface area contributed by atoms with Gasteiger partial charge < -0.3 is 14.9 Å². The largest absolute Gasteiger partial charge is 0.463 e. The van der Waals surface area contributed by atoms with E-state index in [4.69, 9.17) is 14.9 Å². The number of carbonyl (C=O) groups is 1. The molecule has 0 aromatic rings. The molecule has 0 aromatic heterocycles. The van der Waals surface area contributed by atoms with E-state index >= 15 is 0 Å². The summed E-state index contributed by atoms with van der Waals surface area (Å²) in [5.41, 5.74) is 0. The van der Waals surface area contributed by atoms with Crippen LogP contribution in [0.1, 0.15) is 96.8 Å². The molecule has 148 valence electrons. The second kappa shape index (κ2) is 19.5. The molecule has 0 aliphatic rings. The van der Waals surface area contributed by atoms with Gasteiger partial charge in [0.2, 0.25) is 0 Å². The van der Waals surface area contributed by atoms with Gasteiger partial charge in [-0.1, -0.05) is 70.4 Å². The number of unbranched alkanes of at least 4 members (excludes halogenated alkanes) is 11. The highest BCUT2D eigenvalue weighted by molar-refractivity contribution is 5.69. The number of esters is 1. The fourth-order valence-electron chi connectivity index (χ4n) is 2.65. The molecule has 0 aliphatic heterocycles. The molecule has 0 aliphatic carbocycles. The Morgan fingerprint density at radius 1 is 0.880 bits per heavy atom. The van der Waals surface area contributed by atoms with Crippen LogP contribution in [0, 0.1) is 0 Å². The molecule has 0 fully saturated rings. The average molecular weight is 357 g/mol. The molecule has 4 nitrogen and oxygen atoms in total. The van der Waals surface area contributed by atoms with Crippen molar-refractivity contribution in [3.63, 3.8) is 0 Å². The molecule has 1 unspecified atom stereocenters. The van der Waals surface area contributed by atoms with Gasteiger partial charge in [0.15, 0.2) is 0 Å². The number of aliphatic hydroxyl groups excluding tert-OH is 2. The molecular formula is C21H40O4. The van der Waals surface area contributed by atoms with E-state index in [2.05, 4.69) is 19.1 Å². The van der Waals surface area contributed by atoms with Crippen LogP contribution in [-0.2, 0) is 9.53 Å². The molecule has 0 radical (unpaired) electrons. The van der Waals surface area contributed by atoms with Crippen LogP contribution in [0.5, 0.6) is 0 Å². The molecular weight excluding hydrogens is 316 g/mol. The fraction of sp³-hybridized carbons (Fsp3) is 0.857. The van der Waals surface area contributed by atoms with Crippen molar-refractivity contribution in [3.05, 3.63) is 12.2 Å². The summed E-state index contributed by atoms with van der Waals surface area (Å²) in [6, 6.07) is 0. The number of ether oxygens (including phenoxy) is 1. The topological polar surface area (TPSA) is 66.8 Å². The SMILES string of the molecule is CCCCCCCCCC=CCCCCCCC(=O)OCC(O)CO. The first-order chi connectivity index (χ1) is 12.2. The van der Waals surface area contributed by atoms with Crippen molar-refractivity contribution in [1.82, 2.24) is 0 Å². The van der Waals surface area contributed by atoms with Crippen LogP contribution in [0.3, 0.4) is 0 Å². The molecule has 0 rings (SSSR count). The standard InChI is InChI=1S/C21H40O4/c1-2-3-4-5-6-7-8-9-10-11-12-13-14-15-16-17-21(24)25-19-20(23)18-22/h10-11,20,22-23H,2-9,12-19H2,1H3. The van der Waals surface area contributed by atoms with Crippen LogP contribution in [-0.4, -0.2) is 35.5 Å². The van der Waals surface area contributed by atoms with Gasteiger partial charge in [-0.2, -0.15) is 0 Å². The minimum atomic E-state index is -0.961. The van der Waals surface area contributed by atoms with Gasteiger partial charge in [-0.3, -0.25) is 4.79 Å². The monoisotopic (exact) mass is 356 g/mol. The van der Waals surface area contributed by atoms with Gasteiger partial charge in [-0.05, 0) is 32.1 Å². The van der Waals surface area contributed by atoms with Crippen LogP contribution in [0.25, 0.3) is 0 Å². The third kappa shape index (κ3) is 19.3. The molecule has 0 amide bonds. The molecule has 0 spiro atoms. The maximum Gasteiger partial charge on any atom is 0.305 e. The van der Waals surface area contributed by atoms with Crippen molar-refractivity contribution < 1.29 is 19.7 Å². The Morgan fingerprint density at radius 3 is 1.96 bits per heavy atom. The Balaban J connectivity index is 3.23. The van der Waals surface area contributed by atoms with Gasteiger partial charge in [-0.15, -0.1) is 0 Å². The Morgan fingerprint density at radius 2 is 1.40 bits per heavy atom. The lowest BCUT2D eigenvalue weighted by Gasteiger charge is -2.08.